The molecular formula is C4H12N4O4S2. The van der Waals surface area contributed by atoms with E-state index < -0.39 is 10.4 Å². The molecule has 0 amide bonds. The first-order chi connectivity index (χ1) is 6.22. The Hall–Kier alpha value is -0.840. The Morgan fingerprint density at radius 3 is 2.00 bits per heavy atom. The number of thioether (sulfide) groups is 1. The van der Waals surface area contributed by atoms with Gasteiger partial charge in [0.1, 0.15) is 0 Å². The molecule has 0 rings (SSSR count). The third-order valence-corrected chi connectivity index (χ3v) is 1.58. The van der Waals surface area contributed by atoms with Crippen LogP contribution in [-0.2, 0) is 14.6 Å². The monoisotopic (exact) mass is 244 g/mol. The number of hydrogen-bond acceptors (Lipinski definition) is 5. The fourth-order valence-corrected chi connectivity index (χ4v) is 0.354. The van der Waals surface area contributed by atoms with Gasteiger partial charge >= 0.3 is 10.4 Å². The van der Waals surface area contributed by atoms with Crippen molar-refractivity contribution in [2.24, 2.45) is 16.5 Å². The van der Waals surface area contributed by atoms with Crippen molar-refractivity contribution in [1.29, 1.82) is 5.41 Å². The molecule has 0 fully saturated rings. The molecule has 0 aromatic rings. The molecule has 8 nitrogen and oxygen atoms in total. The maximum absolute atomic E-state index is 9.33. The van der Waals surface area contributed by atoms with Crippen molar-refractivity contribution in [3.8, 4) is 0 Å². The van der Waals surface area contributed by atoms with E-state index in [1.54, 1.807) is 6.26 Å². The zero-order chi connectivity index (χ0) is 11.8. The van der Waals surface area contributed by atoms with Gasteiger partial charge in [0.05, 0.1) is 7.11 Å². The van der Waals surface area contributed by atoms with E-state index in [9.17, 15) is 8.42 Å². The first-order valence-electron chi connectivity index (χ1n) is 2.98. The van der Waals surface area contributed by atoms with Crippen LogP contribution in [0.4, 0.5) is 0 Å². The zero-order valence-electron chi connectivity index (χ0n) is 7.59. The van der Waals surface area contributed by atoms with Crippen LogP contribution in [-0.4, -0.2) is 37.5 Å². The maximum Gasteiger partial charge on any atom is 0.397 e. The quantitative estimate of drug-likeness (QED) is 0.262. The van der Waals surface area contributed by atoms with Gasteiger partial charge in [-0.1, -0.05) is 11.8 Å². The second-order valence-electron chi connectivity index (χ2n) is 1.63. The third-order valence-electron chi connectivity index (χ3n) is 0.650. The van der Waals surface area contributed by atoms with Crippen molar-refractivity contribution >= 4 is 33.3 Å². The van der Waals surface area contributed by atoms with Gasteiger partial charge in [0.15, 0.2) is 5.17 Å². The minimum atomic E-state index is -4.16. The van der Waals surface area contributed by atoms with Gasteiger partial charge < -0.3 is 11.5 Å². The minimum Gasteiger partial charge on any atom is -0.378 e. The number of nitrogens with two attached hydrogens (primary N) is 2. The number of aliphatic imine (C=N–C) groups is 1. The number of amidine groups is 1. The van der Waals surface area contributed by atoms with Crippen molar-refractivity contribution in [2.45, 2.75) is 0 Å². The summed E-state index contributed by atoms with van der Waals surface area (Å²) in [5.41, 5.74) is 10.0. The van der Waals surface area contributed by atoms with Gasteiger partial charge in [-0.2, -0.15) is 13.4 Å². The van der Waals surface area contributed by atoms with Crippen LogP contribution in [0.1, 0.15) is 0 Å². The van der Waals surface area contributed by atoms with Crippen LogP contribution in [0.15, 0.2) is 4.99 Å². The first kappa shape index (κ1) is 15.6. The lowest BCUT2D eigenvalue weighted by Crippen LogP contribution is -2.13. The van der Waals surface area contributed by atoms with E-state index in [0.717, 1.165) is 7.11 Å². The van der Waals surface area contributed by atoms with E-state index in [4.69, 9.17) is 21.4 Å². The molecule has 0 bridgehead atoms. The van der Waals surface area contributed by atoms with Crippen LogP contribution < -0.4 is 11.5 Å². The fraction of sp³-hybridized carbons (Fsp3) is 0.500. The molecule has 0 aromatic carbocycles. The van der Waals surface area contributed by atoms with Gasteiger partial charge in [-0.25, -0.2) is 0 Å². The normalized spacial score (nSPS) is 11.5. The lowest BCUT2D eigenvalue weighted by molar-refractivity contribution is 0.324. The standard InChI is InChI=1S/C3H8N4S.CH4O4S/c1-8-3(6)7-2(4)5;1-5-6(2,3)4/h1H3,(H5,4,5,6,7);1H3,(H,2,3,4). The Morgan fingerprint density at radius 2 is 1.93 bits per heavy atom. The second-order valence-corrected chi connectivity index (χ2v) is 3.65. The van der Waals surface area contributed by atoms with E-state index in [-0.39, 0.29) is 5.96 Å². The molecule has 0 radical (unpaired) electrons. The number of rotatable bonds is 1. The summed E-state index contributed by atoms with van der Waals surface area (Å²) in [6, 6.07) is 0. The highest BCUT2D eigenvalue weighted by molar-refractivity contribution is 8.13. The lowest BCUT2D eigenvalue weighted by atomic mass is 11.0. The Balaban J connectivity index is 0. The number of hydrogen-bond donors (Lipinski definition) is 4. The Kier molecular flexibility index (Phi) is 8.43. The molecule has 0 aliphatic rings. The highest BCUT2D eigenvalue weighted by atomic mass is 32.3. The summed E-state index contributed by atoms with van der Waals surface area (Å²) in [5.74, 6) is -0.253. The topological polar surface area (TPSA) is 152 Å². The van der Waals surface area contributed by atoms with Crippen LogP contribution in [0.3, 0.4) is 0 Å². The third kappa shape index (κ3) is 17.3. The Labute approximate surface area is 86.2 Å². The molecule has 0 aliphatic heterocycles. The molecule has 10 heteroatoms. The van der Waals surface area contributed by atoms with Gasteiger partial charge in [-0.15, -0.1) is 0 Å². The van der Waals surface area contributed by atoms with Crippen molar-refractivity contribution in [3.63, 3.8) is 0 Å². The summed E-state index contributed by atoms with van der Waals surface area (Å²) in [4.78, 5) is 3.41. The van der Waals surface area contributed by atoms with Crippen LogP contribution in [0.2, 0.25) is 0 Å². The SMILES string of the molecule is COS(=O)(=O)O.CSC(N)=NC(=N)N. The molecule has 6 N–H and O–H groups in total. The zero-order valence-corrected chi connectivity index (χ0v) is 9.22. The molecule has 0 saturated carbocycles. The summed E-state index contributed by atoms with van der Waals surface area (Å²) in [6.07, 6.45) is 1.77. The summed E-state index contributed by atoms with van der Waals surface area (Å²) in [7, 11) is -3.29. The molecule has 0 heterocycles. The predicted molar refractivity (Wildman–Crippen MR) is 55.6 cm³/mol. The van der Waals surface area contributed by atoms with Gasteiger partial charge in [0, 0.05) is 0 Å². The Morgan fingerprint density at radius 1 is 1.57 bits per heavy atom. The summed E-state index contributed by atoms with van der Waals surface area (Å²) >= 11 is 1.26. The van der Waals surface area contributed by atoms with Crippen molar-refractivity contribution in [2.75, 3.05) is 13.4 Å². The van der Waals surface area contributed by atoms with E-state index >= 15 is 0 Å². The van der Waals surface area contributed by atoms with E-state index in [2.05, 4.69) is 9.18 Å². The largest absolute Gasteiger partial charge is 0.397 e. The molecular weight excluding hydrogens is 232 g/mol. The molecule has 84 valence electrons. The number of nitrogens with one attached hydrogen (secondary N) is 1. The van der Waals surface area contributed by atoms with Gasteiger partial charge in [-0.05, 0) is 6.26 Å². The van der Waals surface area contributed by atoms with Gasteiger partial charge in [0.25, 0.3) is 0 Å². The van der Waals surface area contributed by atoms with Crippen LogP contribution in [0, 0.1) is 5.41 Å². The molecule has 0 aromatic heterocycles. The second kappa shape index (κ2) is 7.55. The lowest BCUT2D eigenvalue weighted by Gasteiger charge is -1.89. The first-order valence-corrected chi connectivity index (χ1v) is 5.57. The molecule has 0 saturated heterocycles. The smallest absolute Gasteiger partial charge is 0.378 e. The van der Waals surface area contributed by atoms with Crippen molar-refractivity contribution in [1.82, 2.24) is 0 Å². The molecule has 0 unspecified atom stereocenters. The van der Waals surface area contributed by atoms with E-state index in [1.165, 1.54) is 11.8 Å². The predicted octanol–water partition coefficient (Wildman–Crippen LogP) is -1.01. The van der Waals surface area contributed by atoms with E-state index in [0.29, 0.717) is 5.17 Å². The van der Waals surface area contributed by atoms with Crippen LogP contribution >= 0.6 is 11.8 Å². The highest BCUT2D eigenvalue weighted by Crippen LogP contribution is 1.88. The minimum absolute atomic E-state index is 0.253. The van der Waals surface area contributed by atoms with Gasteiger partial charge in [0.2, 0.25) is 5.96 Å². The molecule has 0 atom stereocenters. The summed E-state index contributed by atoms with van der Waals surface area (Å²) < 4.78 is 29.7. The average molecular weight is 244 g/mol. The maximum atomic E-state index is 9.33. The van der Waals surface area contributed by atoms with Crippen LogP contribution in [0.25, 0.3) is 0 Å². The average Bonchev–Trinajstić information content (AvgIpc) is 2.03. The van der Waals surface area contributed by atoms with Crippen molar-refractivity contribution in [3.05, 3.63) is 0 Å². The fourth-order valence-electron chi connectivity index (χ4n) is 0.164. The number of guanidine groups is 1. The Bertz CT molecular complexity index is 298. The van der Waals surface area contributed by atoms with E-state index in [1.807, 2.05) is 0 Å². The van der Waals surface area contributed by atoms with Crippen molar-refractivity contribution < 1.29 is 17.2 Å². The van der Waals surface area contributed by atoms with Gasteiger partial charge in [-0.3, -0.25) is 14.1 Å². The molecule has 14 heavy (non-hydrogen) atoms. The summed E-state index contributed by atoms with van der Waals surface area (Å²) in [5, 5.41) is 6.94. The number of nitrogens with zero attached hydrogens (tertiary/aromatic N) is 1. The van der Waals surface area contributed by atoms with Crippen LogP contribution in [0.5, 0.6) is 0 Å². The highest BCUT2D eigenvalue weighted by Gasteiger charge is 1.94. The molecule has 0 aliphatic carbocycles. The summed E-state index contributed by atoms with van der Waals surface area (Å²) in [6.45, 7) is 0. The molecule has 0 spiro atoms.